The van der Waals surface area contributed by atoms with Crippen molar-refractivity contribution in [3.63, 3.8) is 0 Å². The molecule has 174 valence electrons. The number of ether oxygens (including phenoxy) is 2. The molecule has 0 atom stereocenters. The van der Waals surface area contributed by atoms with Gasteiger partial charge in [-0.2, -0.15) is 0 Å². The van der Waals surface area contributed by atoms with E-state index in [0.29, 0.717) is 0 Å². The topological polar surface area (TPSA) is 24.9 Å². The molecule has 0 saturated heterocycles. The number of nitrogens with zero attached hydrogens (tertiary/aromatic N) is 2. The lowest BCUT2D eigenvalue weighted by atomic mass is 9.88. The van der Waals surface area contributed by atoms with Crippen LogP contribution >= 0.6 is 0 Å². The maximum absolute atomic E-state index is 6.05. The highest BCUT2D eigenvalue weighted by Crippen LogP contribution is 2.49. The van der Waals surface area contributed by atoms with E-state index in [4.69, 9.17) is 9.47 Å². The fraction of sp³-hybridized carbons (Fsp3) is 0.200. The summed E-state index contributed by atoms with van der Waals surface area (Å²) in [5, 5.41) is 4.40. The molecule has 4 rings (SSSR count). The molecule has 34 heavy (non-hydrogen) atoms. The van der Waals surface area contributed by atoms with E-state index in [9.17, 15) is 0 Å². The molecule has 4 heteroatoms. The van der Waals surface area contributed by atoms with Crippen molar-refractivity contribution in [2.75, 3.05) is 52.2 Å². The Morgan fingerprint density at radius 2 is 1.00 bits per heavy atom. The van der Waals surface area contributed by atoms with Gasteiger partial charge in [-0.15, -0.1) is 0 Å². The summed E-state index contributed by atoms with van der Waals surface area (Å²) < 4.78 is 12.1. The Hall–Kier alpha value is -3.92. The first kappa shape index (κ1) is 23.2. The minimum absolute atomic E-state index is 0.773. The smallest absolute Gasteiger partial charge is 0.134 e. The van der Waals surface area contributed by atoms with Gasteiger partial charge < -0.3 is 19.3 Å². The van der Waals surface area contributed by atoms with Crippen molar-refractivity contribution in [3.8, 4) is 22.6 Å². The van der Waals surface area contributed by atoms with Crippen molar-refractivity contribution in [1.29, 1.82) is 0 Å². The van der Waals surface area contributed by atoms with Gasteiger partial charge in [0.2, 0.25) is 0 Å². The van der Waals surface area contributed by atoms with Crippen molar-refractivity contribution >= 4 is 45.1 Å². The largest absolute Gasteiger partial charge is 0.495 e. The lowest BCUT2D eigenvalue weighted by Crippen LogP contribution is -2.09. The van der Waals surface area contributed by atoms with Gasteiger partial charge in [0.1, 0.15) is 11.5 Å². The zero-order chi connectivity index (χ0) is 24.6. The second-order valence-electron chi connectivity index (χ2n) is 8.76. The lowest BCUT2D eigenvalue weighted by molar-refractivity contribution is 0.410. The molecule has 0 saturated carbocycles. The van der Waals surface area contributed by atoms with E-state index >= 15 is 0 Å². The van der Waals surface area contributed by atoms with Gasteiger partial charge in [0, 0.05) is 61.8 Å². The summed E-state index contributed by atoms with van der Waals surface area (Å²) in [4.78, 5) is 4.22. The van der Waals surface area contributed by atoms with Gasteiger partial charge in [-0.3, -0.25) is 0 Å². The minimum Gasteiger partial charge on any atom is -0.495 e. The van der Waals surface area contributed by atoms with Crippen LogP contribution in [0.15, 0.2) is 61.7 Å². The number of hydrogen-bond donors (Lipinski definition) is 0. The quantitative estimate of drug-likeness (QED) is 0.299. The van der Waals surface area contributed by atoms with Gasteiger partial charge in [0.25, 0.3) is 0 Å². The van der Waals surface area contributed by atoms with Crippen molar-refractivity contribution in [2.45, 2.75) is 0 Å². The number of fused-ring (bicyclic) bond motifs is 2. The molecule has 0 aliphatic carbocycles. The molecular weight excluding hydrogens is 420 g/mol. The molecule has 0 unspecified atom stereocenters. The van der Waals surface area contributed by atoms with Crippen LogP contribution in [0.1, 0.15) is 11.1 Å². The summed E-state index contributed by atoms with van der Waals surface area (Å²) in [5.74, 6) is 1.55. The van der Waals surface area contributed by atoms with Gasteiger partial charge >= 0.3 is 0 Å². The van der Waals surface area contributed by atoms with Crippen LogP contribution in [0.5, 0.6) is 11.5 Å². The van der Waals surface area contributed by atoms with E-state index in [1.54, 1.807) is 14.2 Å². The Morgan fingerprint density at radius 1 is 0.618 bits per heavy atom. The summed E-state index contributed by atoms with van der Waals surface area (Å²) in [6.07, 6.45) is 3.69. The summed E-state index contributed by atoms with van der Waals surface area (Å²) in [6, 6.07) is 17.2. The van der Waals surface area contributed by atoms with Gasteiger partial charge in [-0.1, -0.05) is 37.4 Å². The molecule has 4 nitrogen and oxygen atoms in total. The fourth-order valence-corrected chi connectivity index (χ4v) is 4.57. The fourth-order valence-electron chi connectivity index (χ4n) is 4.57. The Kier molecular flexibility index (Phi) is 6.25. The highest BCUT2D eigenvalue weighted by atomic mass is 16.5. The number of anilines is 2. The van der Waals surface area contributed by atoms with Crippen LogP contribution in [-0.4, -0.2) is 42.4 Å². The number of rotatable bonds is 7. The van der Waals surface area contributed by atoms with E-state index in [0.717, 1.165) is 66.7 Å². The highest BCUT2D eigenvalue weighted by molar-refractivity contribution is 6.13. The molecule has 4 aromatic carbocycles. The molecule has 4 aromatic rings. The van der Waals surface area contributed by atoms with E-state index < -0.39 is 0 Å². The zero-order valence-electron chi connectivity index (χ0n) is 20.9. The molecule has 0 spiro atoms. The molecule has 0 amide bonds. The zero-order valence-corrected chi connectivity index (χ0v) is 20.9. The SMILES string of the molecule is C=Cc1cc2ccc(N(C)C)cc2c(-c2c(OC)c(C=C)cc3ccc(N(C)C)cc23)c1OC. The Balaban J connectivity index is 2.31. The highest BCUT2D eigenvalue weighted by Gasteiger charge is 2.23. The molecule has 0 aliphatic heterocycles. The lowest BCUT2D eigenvalue weighted by Gasteiger charge is -2.23. The van der Waals surface area contributed by atoms with Crippen molar-refractivity contribution in [2.24, 2.45) is 0 Å². The van der Waals surface area contributed by atoms with Gasteiger partial charge in [0.15, 0.2) is 0 Å². The average molecular weight is 453 g/mol. The van der Waals surface area contributed by atoms with Crippen molar-refractivity contribution in [3.05, 3.63) is 72.8 Å². The van der Waals surface area contributed by atoms with Crippen LogP contribution in [0, 0.1) is 0 Å². The van der Waals surface area contributed by atoms with Crippen LogP contribution in [-0.2, 0) is 0 Å². The van der Waals surface area contributed by atoms with Crippen LogP contribution < -0.4 is 19.3 Å². The van der Waals surface area contributed by atoms with Crippen molar-refractivity contribution < 1.29 is 9.47 Å². The summed E-state index contributed by atoms with van der Waals surface area (Å²) in [7, 11) is 11.6. The molecule has 0 N–H and O–H groups in total. The molecule has 0 heterocycles. The second-order valence-corrected chi connectivity index (χ2v) is 8.76. The van der Waals surface area contributed by atoms with Crippen molar-refractivity contribution in [1.82, 2.24) is 0 Å². The molecule has 0 radical (unpaired) electrons. The average Bonchev–Trinajstić information content (AvgIpc) is 2.85. The third-order valence-electron chi connectivity index (χ3n) is 6.34. The third-order valence-corrected chi connectivity index (χ3v) is 6.34. The summed E-state index contributed by atoms with van der Waals surface area (Å²) >= 11 is 0. The van der Waals surface area contributed by atoms with Gasteiger partial charge in [-0.25, -0.2) is 0 Å². The normalized spacial score (nSPS) is 10.9. The van der Waals surface area contributed by atoms with Crippen LogP contribution in [0.2, 0.25) is 0 Å². The Labute approximate surface area is 202 Å². The van der Waals surface area contributed by atoms with E-state index in [-0.39, 0.29) is 0 Å². The number of hydrogen-bond acceptors (Lipinski definition) is 4. The predicted octanol–water partition coefficient (Wildman–Crippen LogP) is 7.10. The van der Waals surface area contributed by atoms with Crippen LogP contribution in [0.3, 0.4) is 0 Å². The van der Waals surface area contributed by atoms with E-state index in [1.807, 2.05) is 40.3 Å². The monoisotopic (exact) mass is 452 g/mol. The maximum Gasteiger partial charge on any atom is 0.134 e. The first-order valence-corrected chi connectivity index (χ1v) is 11.2. The summed E-state index contributed by atoms with van der Waals surface area (Å²) in [6.45, 7) is 8.12. The molecule has 0 aliphatic rings. The molecule has 0 fully saturated rings. The van der Waals surface area contributed by atoms with E-state index in [2.05, 4.69) is 71.5 Å². The second kappa shape index (κ2) is 9.14. The predicted molar refractivity (Wildman–Crippen MR) is 149 cm³/mol. The minimum atomic E-state index is 0.773. The first-order chi connectivity index (χ1) is 16.3. The third kappa shape index (κ3) is 3.75. The van der Waals surface area contributed by atoms with Crippen LogP contribution in [0.4, 0.5) is 11.4 Å². The molecular formula is C30H32N2O2. The van der Waals surface area contributed by atoms with Gasteiger partial charge in [-0.05, 0) is 57.9 Å². The number of methoxy groups -OCH3 is 2. The maximum atomic E-state index is 6.05. The number of benzene rings is 4. The standard InChI is InChI=1S/C30H32N2O2/c1-9-19-15-21-11-13-23(31(3)4)17-25(21)27(29(19)33-7)28-26-18-24(32(5)6)14-12-22(26)16-20(10-2)30(28)34-8/h9-18H,1-2H2,3-8H3. The van der Waals surface area contributed by atoms with Crippen LogP contribution in [0.25, 0.3) is 44.8 Å². The molecule has 0 aromatic heterocycles. The first-order valence-electron chi connectivity index (χ1n) is 11.2. The van der Waals surface area contributed by atoms with E-state index in [1.165, 1.54) is 0 Å². The Morgan fingerprint density at radius 3 is 1.29 bits per heavy atom. The molecule has 0 bridgehead atoms. The summed E-state index contributed by atoms with van der Waals surface area (Å²) in [5.41, 5.74) is 6.06. The Bertz CT molecular complexity index is 1310. The van der Waals surface area contributed by atoms with Gasteiger partial charge in [0.05, 0.1) is 14.2 Å².